The second-order valence-electron chi connectivity index (χ2n) is 4.88. The maximum Gasteiger partial charge on any atom is 0.251 e. The van der Waals surface area contributed by atoms with Crippen molar-refractivity contribution in [1.82, 2.24) is 9.88 Å². The van der Waals surface area contributed by atoms with Crippen LogP contribution in [0.25, 0.3) is 5.69 Å². The lowest BCUT2D eigenvalue weighted by molar-refractivity contribution is 0.0949. The third-order valence-corrected chi connectivity index (χ3v) is 3.12. The number of nitrogens with zero attached hydrogens (tertiary/aromatic N) is 1. The fourth-order valence-corrected chi connectivity index (χ4v) is 1.99. The molecule has 0 spiro atoms. The molecule has 0 saturated carbocycles. The van der Waals surface area contributed by atoms with Crippen LogP contribution < -0.4 is 5.32 Å². The van der Waals surface area contributed by atoms with Crippen molar-refractivity contribution in [2.24, 2.45) is 0 Å². The van der Waals surface area contributed by atoms with Gasteiger partial charge in [0.05, 0.1) is 6.10 Å². The van der Waals surface area contributed by atoms with Gasteiger partial charge < -0.3 is 15.0 Å². The number of carbonyl (C=O) groups excluding carboxylic acids is 1. The highest BCUT2D eigenvalue weighted by molar-refractivity contribution is 5.94. The van der Waals surface area contributed by atoms with Crippen LogP contribution in [0.2, 0.25) is 0 Å². The number of aromatic nitrogens is 1. The second-order valence-corrected chi connectivity index (χ2v) is 4.88. The van der Waals surface area contributed by atoms with Gasteiger partial charge in [-0.15, -0.1) is 0 Å². The molecular formula is C16H20N2O2. The number of rotatable bonds is 6. The monoisotopic (exact) mass is 272 g/mol. The second kappa shape index (κ2) is 6.91. The van der Waals surface area contributed by atoms with Crippen molar-refractivity contribution in [3.63, 3.8) is 0 Å². The molecule has 1 heterocycles. The highest BCUT2D eigenvalue weighted by Gasteiger charge is 2.05. The van der Waals surface area contributed by atoms with Crippen molar-refractivity contribution >= 4 is 5.91 Å². The average Bonchev–Trinajstić information content (AvgIpc) is 2.97. The van der Waals surface area contributed by atoms with E-state index >= 15 is 0 Å². The molecule has 0 aliphatic rings. The van der Waals surface area contributed by atoms with Gasteiger partial charge in [0.2, 0.25) is 0 Å². The quantitative estimate of drug-likeness (QED) is 0.793. The van der Waals surface area contributed by atoms with Crippen LogP contribution in [0.15, 0.2) is 48.8 Å². The van der Waals surface area contributed by atoms with Gasteiger partial charge in [0.1, 0.15) is 0 Å². The van der Waals surface area contributed by atoms with Gasteiger partial charge in [0.25, 0.3) is 5.91 Å². The van der Waals surface area contributed by atoms with Gasteiger partial charge in [-0.2, -0.15) is 0 Å². The number of benzene rings is 1. The zero-order chi connectivity index (χ0) is 14.4. The van der Waals surface area contributed by atoms with E-state index in [2.05, 4.69) is 5.32 Å². The number of aliphatic hydroxyl groups excluding tert-OH is 1. The summed E-state index contributed by atoms with van der Waals surface area (Å²) < 4.78 is 1.99. The first-order valence-corrected chi connectivity index (χ1v) is 6.86. The first-order chi connectivity index (χ1) is 9.66. The number of nitrogens with one attached hydrogen (secondary N) is 1. The van der Waals surface area contributed by atoms with E-state index < -0.39 is 0 Å². The zero-order valence-corrected chi connectivity index (χ0v) is 11.6. The molecule has 0 bridgehead atoms. The van der Waals surface area contributed by atoms with Crippen molar-refractivity contribution in [3.8, 4) is 5.69 Å². The Morgan fingerprint density at radius 3 is 2.50 bits per heavy atom. The molecule has 20 heavy (non-hydrogen) atoms. The fraction of sp³-hybridized carbons (Fsp3) is 0.312. The summed E-state index contributed by atoms with van der Waals surface area (Å²) in [7, 11) is 0. The third-order valence-electron chi connectivity index (χ3n) is 3.12. The maximum atomic E-state index is 11.9. The number of hydrogen-bond acceptors (Lipinski definition) is 2. The summed E-state index contributed by atoms with van der Waals surface area (Å²) >= 11 is 0. The van der Waals surface area contributed by atoms with Crippen LogP contribution >= 0.6 is 0 Å². The van der Waals surface area contributed by atoms with Crippen LogP contribution in [0.3, 0.4) is 0 Å². The van der Waals surface area contributed by atoms with E-state index in [0.717, 1.165) is 12.1 Å². The van der Waals surface area contributed by atoms with E-state index in [1.54, 1.807) is 6.92 Å². The first-order valence-electron chi connectivity index (χ1n) is 6.86. The average molecular weight is 272 g/mol. The zero-order valence-electron chi connectivity index (χ0n) is 11.6. The summed E-state index contributed by atoms with van der Waals surface area (Å²) in [5.74, 6) is -0.0744. The number of aliphatic hydroxyl groups is 1. The molecule has 1 atom stereocenters. The van der Waals surface area contributed by atoms with Crippen molar-refractivity contribution in [2.75, 3.05) is 6.54 Å². The predicted octanol–water partition coefficient (Wildman–Crippen LogP) is 2.37. The Labute approximate surface area is 119 Å². The summed E-state index contributed by atoms with van der Waals surface area (Å²) in [4.78, 5) is 11.9. The van der Waals surface area contributed by atoms with Crippen LogP contribution in [0.4, 0.5) is 0 Å². The summed E-state index contributed by atoms with van der Waals surface area (Å²) in [5, 5.41) is 12.0. The molecule has 0 aliphatic heterocycles. The molecule has 106 valence electrons. The third kappa shape index (κ3) is 3.96. The minimum Gasteiger partial charge on any atom is -0.393 e. The Balaban J connectivity index is 1.88. The van der Waals surface area contributed by atoms with E-state index in [0.29, 0.717) is 18.5 Å². The minimum absolute atomic E-state index is 0.0744. The van der Waals surface area contributed by atoms with Crippen LogP contribution in [0, 0.1) is 0 Å². The van der Waals surface area contributed by atoms with Crippen molar-refractivity contribution in [3.05, 3.63) is 54.4 Å². The normalized spacial score (nSPS) is 12.1. The molecule has 0 fully saturated rings. The summed E-state index contributed by atoms with van der Waals surface area (Å²) in [5.41, 5.74) is 1.68. The lowest BCUT2D eigenvalue weighted by Gasteiger charge is -2.08. The van der Waals surface area contributed by atoms with E-state index in [1.807, 2.05) is 53.4 Å². The van der Waals surface area contributed by atoms with Gasteiger partial charge in [0, 0.05) is 30.2 Å². The molecule has 2 rings (SSSR count). The molecule has 0 saturated heterocycles. The van der Waals surface area contributed by atoms with E-state index in [4.69, 9.17) is 5.11 Å². The van der Waals surface area contributed by atoms with Gasteiger partial charge in [-0.25, -0.2) is 0 Å². The molecule has 4 heteroatoms. The topological polar surface area (TPSA) is 54.3 Å². The molecule has 0 aliphatic carbocycles. The van der Waals surface area contributed by atoms with Crippen molar-refractivity contribution in [1.29, 1.82) is 0 Å². The van der Waals surface area contributed by atoms with Crippen LogP contribution in [0.5, 0.6) is 0 Å². The number of carbonyl (C=O) groups is 1. The molecule has 1 unspecified atom stereocenters. The molecule has 2 N–H and O–H groups in total. The van der Waals surface area contributed by atoms with Gasteiger partial charge in [-0.3, -0.25) is 4.79 Å². The predicted molar refractivity (Wildman–Crippen MR) is 79.0 cm³/mol. The van der Waals surface area contributed by atoms with Gasteiger partial charge in [-0.1, -0.05) is 0 Å². The molecular weight excluding hydrogens is 252 g/mol. The van der Waals surface area contributed by atoms with E-state index in [1.165, 1.54) is 0 Å². The lowest BCUT2D eigenvalue weighted by atomic mass is 10.2. The van der Waals surface area contributed by atoms with Crippen LogP contribution in [-0.2, 0) is 0 Å². The standard InChI is InChI=1S/C16H20N2O2/c1-13(19)5-4-10-17-16(20)14-6-8-15(9-7-14)18-11-2-3-12-18/h2-3,6-9,11-13,19H,4-5,10H2,1H3,(H,17,20). The van der Waals surface area contributed by atoms with E-state index in [9.17, 15) is 4.79 Å². The van der Waals surface area contributed by atoms with Gasteiger partial charge >= 0.3 is 0 Å². The molecule has 1 aromatic heterocycles. The molecule has 4 nitrogen and oxygen atoms in total. The lowest BCUT2D eigenvalue weighted by Crippen LogP contribution is -2.25. The summed E-state index contributed by atoms with van der Waals surface area (Å²) in [6.45, 7) is 2.34. The Kier molecular flexibility index (Phi) is 4.96. The highest BCUT2D eigenvalue weighted by atomic mass is 16.3. The molecule has 1 amide bonds. The fourth-order valence-electron chi connectivity index (χ4n) is 1.99. The van der Waals surface area contributed by atoms with Crippen molar-refractivity contribution < 1.29 is 9.90 Å². The van der Waals surface area contributed by atoms with Crippen LogP contribution in [-0.4, -0.2) is 28.2 Å². The molecule has 0 radical (unpaired) electrons. The number of amides is 1. The number of hydrogen-bond donors (Lipinski definition) is 2. The summed E-state index contributed by atoms with van der Waals surface area (Å²) in [6.07, 6.45) is 5.10. The van der Waals surface area contributed by atoms with Gasteiger partial charge in [-0.05, 0) is 56.2 Å². The minimum atomic E-state index is -0.312. The molecule has 2 aromatic rings. The Bertz CT molecular complexity index is 530. The SMILES string of the molecule is CC(O)CCCNC(=O)c1ccc(-n2cccc2)cc1. The largest absolute Gasteiger partial charge is 0.393 e. The Morgan fingerprint density at radius 1 is 1.25 bits per heavy atom. The first kappa shape index (κ1) is 14.3. The maximum absolute atomic E-state index is 11.9. The van der Waals surface area contributed by atoms with Gasteiger partial charge in [0.15, 0.2) is 0 Å². The summed E-state index contributed by atoms with van der Waals surface area (Å²) in [6, 6.07) is 11.4. The Hall–Kier alpha value is -2.07. The van der Waals surface area contributed by atoms with E-state index in [-0.39, 0.29) is 12.0 Å². The highest BCUT2D eigenvalue weighted by Crippen LogP contribution is 2.10. The Morgan fingerprint density at radius 2 is 1.90 bits per heavy atom. The molecule has 1 aromatic carbocycles. The van der Waals surface area contributed by atoms with Crippen molar-refractivity contribution in [2.45, 2.75) is 25.9 Å². The smallest absolute Gasteiger partial charge is 0.251 e. The van der Waals surface area contributed by atoms with Crippen LogP contribution in [0.1, 0.15) is 30.1 Å².